The maximum Gasteiger partial charge on any atom is 0.472 e. The molecule has 7 atom stereocenters. The third kappa shape index (κ3) is 6.23. The molecule has 5 heterocycles. The molecule has 2 aliphatic heterocycles. The molecule has 20 heteroatoms. The first kappa shape index (κ1) is 30.2. The van der Waals surface area contributed by atoms with Crippen molar-refractivity contribution in [1.29, 1.82) is 0 Å². The monoisotopic (exact) mass is 613 g/mol. The molecule has 3 aromatic rings. The largest absolute Gasteiger partial charge is 0.472 e. The predicted molar refractivity (Wildman–Crippen MR) is 144 cm³/mol. The van der Waals surface area contributed by atoms with Crippen molar-refractivity contribution in [2.75, 3.05) is 52.2 Å². The second kappa shape index (κ2) is 12.5. The first-order valence-corrected chi connectivity index (χ1v) is 14.4. The van der Waals surface area contributed by atoms with Crippen molar-refractivity contribution in [2.24, 2.45) is 0 Å². The minimum Gasteiger partial charge on any atom is -0.382 e. The second-order valence-electron chi connectivity index (χ2n) is 9.48. The standard InChI is InChI=1S/C22H32N9O10P/c1-23-20-26-10-31(22(33)29-20)16-5-11(37-4)14(40-16)8-38-42(34,35)41-12-6-15(39-13(12)7-36-3)30-9-25-17-18(30)27-21(24-2)28-19(17)32/h9-16H,5-8H2,1-4H3,(H,34,35)(H,23,29,33)(H2,24,27,28,32)/t11-,12-,13?,14?,15-,16-/m1/s1. The summed E-state index contributed by atoms with van der Waals surface area (Å²) in [5, 5.41) is 5.46. The maximum absolute atomic E-state index is 13.0. The van der Waals surface area contributed by atoms with Crippen LogP contribution >= 0.6 is 7.82 Å². The summed E-state index contributed by atoms with van der Waals surface area (Å²) in [6.45, 7) is -0.323. The fourth-order valence-electron chi connectivity index (χ4n) is 4.85. The molecule has 0 radical (unpaired) electrons. The molecule has 0 amide bonds. The van der Waals surface area contributed by atoms with E-state index in [2.05, 4.69) is 35.6 Å². The van der Waals surface area contributed by atoms with Crippen molar-refractivity contribution >= 4 is 30.9 Å². The number of hydrogen-bond donors (Lipinski definition) is 4. The molecule has 42 heavy (non-hydrogen) atoms. The molecule has 3 unspecified atom stereocenters. The average molecular weight is 614 g/mol. The van der Waals surface area contributed by atoms with E-state index < -0.39 is 55.9 Å². The van der Waals surface area contributed by atoms with Gasteiger partial charge in [0.05, 0.1) is 25.6 Å². The van der Waals surface area contributed by atoms with E-state index in [4.69, 9.17) is 28.0 Å². The van der Waals surface area contributed by atoms with Crippen LogP contribution in [0.15, 0.2) is 22.2 Å². The van der Waals surface area contributed by atoms with Crippen molar-refractivity contribution in [3.05, 3.63) is 33.5 Å². The average Bonchev–Trinajstić information content (AvgIpc) is 3.69. The number of rotatable bonds is 12. The van der Waals surface area contributed by atoms with Crippen LogP contribution in [0, 0.1) is 0 Å². The Kier molecular flexibility index (Phi) is 9.00. The zero-order valence-electron chi connectivity index (χ0n) is 23.2. The Labute approximate surface area is 238 Å². The van der Waals surface area contributed by atoms with Gasteiger partial charge in [0.25, 0.3) is 5.56 Å². The Balaban J connectivity index is 1.25. The van der Waals surface area contributed by atoms with Gasteiger partial charge in [-0.05, 0) is 0 Å². The molecule has 230 valence electrons. The molecule has 0 saturated carbocycles. The highest BCUT2D eigenvalue weighted by molar-refractivity contribution is 7.47. The summed E-state index contributed by atoms with van der Waals surface area (Å²) in [4.78, 5) is 54.2. The first-order valence-electron chi connectivity index (χ1n) is 12.9. The summed E-state index contributed by atoms with van der Waals surface area (Å²) in [5.41, 5.74) is -0.652. The summed E-state index contributed by atoms with van der Waals surface area (Å²) in [7, 11) is 1.45. The second-order valence-corrected chi connectivity index (χ2v) is 10.9. The molecule has 2 saturated heterocycles. The van der Waals surface area contributed by atoms with Crippen LogP contribution in [0.3, 0.4) is 0 Å². The fraction of sp³-hybridized carbons (Fsp3) is 0.636. The number of phosphoric acid groups is 1. The lowest BCUT2D eigenvalue weighted by Crippen LogP contribution is -2.30. The van der Waals surface area contributed by atoms with E-state index in [1.54, 1.807) is 18.7 Å². The van der Waals surface area contributed by atoms with Crippen molar-refractivity contribution in [1.82, 2.24) is 34.1 Å². The topological polar surface area (TPSA) is 228 Å². The van der Waals surface area contributed by atoms with Gasteiger partial charge in [-0.15, -0.1) is 0 Å². The van der Waals surface area contributed by atoms with E-state index >= 15 is 0 Å². The van der Waals surface area contributed by atoms with Crippen molar-refractivity contribution in [2.45, 2.75) is 49.7 Å². The van der Waals surface area contributed by atoms with Gasteiger partial charge < -0.3 is 34.5 Å². The molecule has 2 aliphatic rings. The third-order valence-electron chi connectivity index (χ3n) is 6.91. The number of ether oxygens (including phenoxy) is 4. The molecular formula is C22H32N9O10P. The molecule has 4 N–H and O–H groups in total. The molecule has 3 aromatic heterocycles. The highest BCUT2D eigenvalue weighted by Gasteiger charge is 2.44. The van der Waals surface area contributed by atoms with Gasteiger partial charge >= 0.3 is 13.5 Å². The Bertz CT molecular complexity index is 1560. The maximum atomic E-state index is 13.0. The number of H-pyrrole nitrogens is 1. The normalized spacial score (nSPS) is 27.4. The minimum absolute atomic E-state index is 0.0475. The Morgan fingerprint density at radius 2 is 1.71 bits per heavy atom. The number of aromatic nitrogens is 7. The van der Waals surface area contributed by atoms with E-state index in [0.29, 0.717) is 0 Å². The van der Waals surface area contributed by atoms with E-state index in [1.807, 2.05) is 0 Å². The lowest BCUT2D eigenvalue weighted by molar-refractivity contribution is -0.0642. The van der Waals surface area contributed by atoms with Gasteiger partial charge in [-0.25, -0.2) is 19.3 Å². The number of fused-ring (bicyclic) bond motifs is 1. The Hall–Kier alpha value is -3.29. The number of anilines is 2. The van der Waals surface area contributed by atoms with Gasteiger partial charge in [-0.2, -0.15) is 9.97 Å². The quantitative estimate of drug-likeness (QED) is 0.190. The predicted octanol–water partition coefficient (Wildman–Crippen LogP) is -0.406. The highest BCUT2D eigenvalue weighted by Crippen LogP contribution is 2.49. The van der Waals surface area contributed by atoms with Crippen LogP contribution in [0.5, 0.6) is 0 Å². The van der Waals surface area contributed by atoms with Gasteiger partial charge in [-0.1, -0.05) is 0 Å². The number of nitrogens with one attached hydrogen (secondary N) is 3. The summed E-state index contributed by atoms with van der Waals surface area (Å²) in [6, 6.07) is 0. The van der Waals surface area contributed by atoms with E-state index in [9.17, 15) is 19.0 Å². The number of methoxy groups -OCH3 is 2. The van der Waals surface area contributed by atoms with Gasteiger partial charge in [0.2, 0.25) is 11.9 Å². The lowest BCUT2D eigenvalue weighted by Gasteiger charge is -2.23. The van der Waals surface area contributed by atoms with E-state index in [1.165, 1.54) is 31.4 Å². The molecule has 0 spiro atoms. The van der Waals surface area contributed by atoms with Crippen LogP contribution in [0.1, 0.15) is 25.3 Å². The van der Waals surface area contributed by atoms with Crippen LogP contribution in [-0.4, -0.2) is 105 Å². The number of nitrogens with zero attached hydrogens (tertiary/aromatic N) is 6. The van der Waals surface area contributed by atoms with E-state index in [0.717, 1.165) is 0 Å². The summed E-state index contributed by atoms with van der Waals surface area (Å²) in [5.74, 6) is 0.398. The third-order valence-corrected chi connectivity index (χ3v) is 7.92. The van der Waals surface area contributed by atoms with Crippen molar-refractivity contribution < 1.29 is 37.5 Å². The van der Waals surface area contributed by atoms with Gasteiger partial charge in [0.1, 0.15) is 37.1 Å². The first-order chi connectivity index (χ1) is 20.2. The molecule has 0 aromatic carbocycles. The number of hydrogen-bond acceptors (Lipinski definition) is 15. The summed E-state index contributed by atoms with van der Waals surface area (Å²) < 4.78 is 49.2. The highest BCUT2D eigenvalue weighted by atomic mass is 31.2. The zero-order chi connectivity index (χ0) is 30.0. The summed E-state index contributed by atoms with van der Waals surface area (Å²) >= 11 is 0. The number of phosphoric ester groups is 1. The van der Waals surface area contributed by atoms with E-state index in [-0.39, 0.29) is 49.1 Å². The van der Waals surface area contributed by atoms with Gasteiger partial charge in [0.15, 0.2) is 11.2 Å². The number of imidazole rings is 1. The Morgan fingerprint density at radius 3 is 2.38 bits per heavy atom. The van der Waals surface area contributed by atoms with Crippen LogP contribution in [-0.2, 0) is 32.6 Å². The van der Waals surface area contributed by atoms with Crippen LogP contribution in [0.2, 0.25) is 0 Å². The van der Waals surface area contributed by atoms with Crippen molar-refractivity contribution in [3.63, 3.8) is 0 Å². The van der Waals surface area contributed by atoms with Crippen LogP contribution in [0.4, 0.5) is 11.9 Å². The fourth-order valence-corrected chi connectivity index (χ4v) is 5.81. The van der Waals surface area contributed by atoms with Crippen LogP contribution in [0.25, 0.3) is 11.2 Å². The van der Waals surface area contributed by atoms with Gasteiger partial charge in [-0.3, -0.25) is 28.0 Å². The molecule has 2 fully saturated rings. The van der Waals surface area contributed by atoms with Crippen LogP contribution < -0.4 is 21.9 Å². The van der Waals surface area contributed by atoms with Gasteiger partial charge in [0, 0.05) is 41.2 Å². The lowest BCUT2D eigenvalue weighted by atomic mass is 10.2. The SMILES string of the molecule is CNc1ncn([C@H]2C[C@@H](OC)C(COP(=O)(O)O[C@@H]3C[C@H](n4cnc5c(=O)[nH]c(NC)nc54)OC3COC)O2)c(=O)n1. The minimum atomic E-state index is -4.65. The molecular weight excluding hydrogens is 581 g/mol. The smallest absolute Gasteiger partial charge is 0.382 e. The molecule has 19 nitrogen and oxygen atoms in total. The number of aromatic amines is 1. The molecule has 5 rings (SSSR count). The molecule has 0 aliphatic carbocycles. The summed E-state index contributed by atoms with van der Waals surface area (Å²) in [6.07, 6.45) is -1.49. The zero-order valence-corrected chi connectivity index (χ0v) is 24.1. The van der Waals surface area contributed by atoms with Crippen molar-refractivity contribution in [3.8, 4) is 0 Å². The Morgan fingerprint density at radius 1 is 1.02 bits per heavy atom. The molecule has 0 bridgehead atoms.